The molecule has 180 valence electrons. The van der Waals surface area contributed by atoms with Crippen LogP contribution in [0.4, 0.5) is 0 Å². The van der Waals surface area contributed by atoms with Crippen molar-refractivity contribution >= 4 is 11.8 Å². The number of rotatable bonds is 13. The van der Waals surface area contributed by atoms with Crippen LogP contribution >= 0.6 is 0 Å². The summed E-state index contributed by atoms with van der Waals surface area (Å²) in [4.78, 5) is 30.0. The monoisotopic (exact) mass is 462 g/mol. The van der Waals surface area contributed by atoms with Crippen LogP contribution in [0.1, 0.15) is 29.1 Å². The maximum Gasteiger partial charge on any atom is 0.242 e. The lowest BCUT2D eigenvalue weighted by molar-refractivity contribution is -0.140. The smallest absolute Gasteiger partial charge is 0.242 e. The number of carbonyl (C=O) groups is 2. The number of methoxy groups -OCH3 is 1. The number of ether oxygens (including phenoxy) is 1. The van der Waals surface area contributed by atoms with Crippen LogP contribution in [0.5, 0.6) is 0 Å². The molecule has 0 aliphatic rings. The van der Waals surface area contributed by atoms with Crippen LogP contribution in [-0.2, 0) is 33.7 Å². The molecule has 0 fully saturated rings. The Bertz CT molecular complexity index is 1020. The molecule has 0 saturated carbocycles. The topological polar surface area (TPSA) is 63.0 Å². The summed E-state index contributed by atoms with van der Waals surface area (Å²) < 4.78 is 10.9. The molecular formula is C28H34N2O4. The molecule has 2 aromatic carbocycles. The van der Waals surface area contributed by atoms with Crippen molar-refractivity contribution in [2.75, 3.05) is 33.4 Å². The minimum Gasteiger partial charge on any atom is -0.464 e. The highest BCUT2D eigenvalue weighted by molar-refractivity contribution is 5.86. The van der Waals surface area contributed by atoms with E-state index in [1.54, 1.807) is 16.9 Å². The Morgan fingerprint density at radius 2 is 1.50 bits per heavy atom. The Morgan fingerprint density at radius 3 is 2.12 bits per heavy atom. The van der Waals surface area contributed by atoms with Crippen LogP contribution in [0, 0.1) is 6.92 Å². The second-order valence-corrected chi connectivity index (χ2v) is 8.39. The summed E-state index contributed by atoms with van der Waals surface area (Å²) in [5.41, 5.74) is 2.09. The molecule has 6 nitrogen and oxygen atoms in total. The Morgan fingerprint density at radius 1 is 0.824 bits per heavy atom. The van der Waals surface area contributed by atoms with Crippen molar-refractivity contribution < 1.29 is 18.7 Å². The van der Waals surface area contributed by atoms with Gasteiger partial charge in [-0.1, -0.05) is 60.7 Å². The van der Waals surface area contributed by atoms with Crippen LogP contribution < -0.4 is 0 Å². The first-order chi connectivity index (χ1) is 16.5. The third-order valence-electron chi connectivity index (χ3n) is 5.66. The van der Waals surface area contributed by atoms with Gasteiger partial charge in [0.25, 0.3) is 0 Å². The van der Waals surface area contributed by atoms with Gasteiger partial charge in [-0.25, -0.2) is 0 Å². The Labute approximate surface area is 202 Å². The molecule has 0 radical (unpaired) electrons. The van der Waals surface area contributed by atoms with Crippen LogP contribution in [0.2, 0.25) is 0 Å². The summed E-state index contributed by atoms with van der Waals surface area (Å²) >= 11 is 0. The third-order valence-corrected chi connectivity index (χ3v) is 5.66. The molecule has 3 rings (SSSR count). The maximum absolute atomic E-state index is 13.4. The zero-order valence-corrected chi connectivity index (χ0v) is 20.1. The molecule has 0 bridgehead atoms. The molecule has 2 amide bonds. The van der Waals surface area contributed by atoms with E-state index in [0.29, 0.717) is 32.7 Å². The van der Waals surface area contributed by atoms with E-state index >= 15 is 0 Å². The van der Waals surface area contributed by atoms with E-state index in [4.69, 9.17) is 9.15 Å². The zero-order chi connectivity index (χ0) is 24.2. The minimum atomic E-state index is -0.0937. The molecular weight excluding hydrogens is 428 g/mol. The molecule has 0 atom stereocenters. The van der Waals surface area contributed by atoms with Crippen molar-refractivity contribution in [1.82, 2.24) is 9.80 Å². The lowest BCUT2D eigenvalue weighted by Gasteiger charge is -2.27. The third kappa shape index (κ3) is 8.19. The second-order valence-electron chi connectivity index (χ2n) is 8.39. The lowest BCUT2D eigenvalue weighted by Crippen LogP contribution is -2.44. The van der Waals surface area contributed by atoms with E-state index < -0.39 is 0 Å². The molecule has 0 aliphatic heterocycles. The highest BCUT2D eigenvalue weighted by Gasteiger charge is 2.22. The lowest BCUT2D eigenvalue weighted by atomic mass is 10.1. The van der Waals surface area contributed by atoms with Gasteiger partial charge in [0.05, 0.1) is 19.5 Å². The number of aryl methyl sites for hydroxylation is 1. The zero-order valence-electron chi connectivity index (χ0n) is 20.1. The molecule has 0 spiro atoms. The fraction of sp³-hybridized carbons (Fsp3) is 0.357. The van der Waals surface area contributed by atoms with E-state index in [2.05, 4.69) is 12.1 Å². The molecule has 1 heterocycles. The van der Waals surface area contributed by atoms with Gasteiger partial charge in [0.15, 0.2) is 0 Å². The largest absolute Gasteiger partial charge is 0.464 e. The fourth-order valence-corrected chi connectivity index (χ4v) is 3.80. The summed E-state index contributed by atoms with van der Waals surface area (Å²) in [5.74, 6) is 1.39. The number of furan rings is 1. The average Bonchev–Trinajstić information content (AvgIpc) is 3.27. The van der Waals surface area contributed by atoms with Crippen molar-refractivity contribution in [1.29, 1.82) is 0 Å². The van der Waals surface area contributed by atoms with E-state index in [-0.39, 0.29) is 24.8 Å². The molecule has 3 aromatic rings. The summed E-state index contributed by atoms with van der Waals surface area (Å²) in [7, 11) is 1.64. The van der Waals surface area contributed by atoms with Gasteiger partial charge in [0.2, 0.25) is 11.8 Å². The van der Waals surface area contributed by atoms with E-state index in [1.165, 1.54) is 0 Å². The Balaban J connectivity index is 1.71. The predicted molar refractivity (Wildman–Crippen MR) is 132 cm³/mol. The molecule has 1 aromatic heterocycles. The first-order valence-electron chi connectivity index (χ1n) is 11.7. The van der Waals surface area contributed by atoms with Gasteiger partial charge < -0.3 is 19.0 Å². The Kier molecular flexibility index (Phi) is 9.92. The van der Waals surface area contributed by atoms with Gasteiger partial charge in [-0.05, 0) is 43.0 Å². The highest BCUT2D eigenvalue weighted by Crippen LogP contribution is 2.13. The molecule has 34 heavy (non-hydrogen) atoms. The van der Waals surface area contributed by atoms with Crippen LogP contribution in [0.3, 0.4) is 0 Å². The van der Waals surface area contributed by atoms with E-state index in [1.807, 2.05) is 67.6 Å². The van der Waals surface area contributed by atoms with Crippen LogP contribution in [0.25, 0.3) is 0 Å². The first kappa shape index (κ1) is 25.2. The molecule has 6 heteroatoms. The maximum atomic E-state index is 13.4. The number of nitrogens with zero attached hydrogens (tertiary/aromatic N) is 2. The van der Waals surface area contributed by atoms with Crippen molar-refractivity contribution in [3.8, 4) is 0 Å². The number of hydrogen-bond donors (Lipinski definition) is 0. The predicted octanol–water partition coefficient (Wildman–Crippen LogP) is 4.27. The van der Waals surface area contributed by atoms with Gasteiger partial charge in [-0.2, -0.15) is 0 Å². The van der Waals surface area contributed by atoms with Gasteiger partial charge in [-0.3, -0.25) is 9.59 Å². The SMILES string of the molecule is COCCCN(CC(=O)N(CCc1ccccc1)Cc1ccc(C)o1)C(=O)Cc1ccccc1. The van der Waals surface area contributed by atoms with Gasteiger partial charge >= 0.3 is 0 Å². The number of hydrogen-bond acceptors (Lipinski definition) is 4. The number of benzene rings is 2. The average molecular weight is 463 g/mol. The van der Waals surface area contributed by atoms with E-state index in [9.17, 15) is 9.59 Å². The molecule has 0 aliphatic carbocycles. The van der Waals surface area contributed by atoms with Crippen molar-refractivity contribution in [2.45, 2.75) is 32.7 Å². The number of carbonyl (C=O) groups excluding carboxylic acids is 2. The van der Waals surface area contributed by atoms with Crippen molar-refractivity contribution in [2.24, 2.45) is 0 Å². The normalized spacial score (nSPS) is 10.8. The minimum absolute atomic E-state index is 0.0316. The molecule has 0 saturated heterocycles. The van der Waals surface area contributed by atoms with Crippen LogP contribution in [-0.4, -0.2) is 55.0 Å². The standard InChI is InChI=1S/C28H34N2O4/c1-23-14-15-26(34-23)21-30(18-16-24-10-5-3-6-11-24)28(32)22-29(17-9-19-33-2)27(31)20-25-12-7-4-8-13-25/h3-8,10-15H,9,16-22H2,1-2H3. The second kappa shape index (κ2) is 13.4. The van der Waals surface area contributed by atoms with E-state index in [0.717, 1.165) is 29.1 Å². The van der Waals surface area contributed by atoms with Crippen molar-refractivity contribution in [3.63, 3.8) is 0 Å². The summed E-state index contributed by atoms with van der Waals surface area (Å²) in [6.45, 7) is 3.84. The Hall–Kier alpha value is -3.38. The van der Waals surface area contributed by atoms with Crippen molar-refractivity contribution in [3.05, 3.63) is 95.4 Å². The number of amides is 2. The van der Waals surface area contributed by atoms with Gasteiger partial charge in [0, 0.05) is 26.8 Å². The van der Waals surface area contributed by atoms with Gasteiger partial charge in [-0.15, -0.1) is 0 Å². The molecule has 0 N–H and O–H groups in total. The molecule has 0 unspecified atom stereocenters. The fourth-order valence-electron chi connectivity index (χ4n) is 3.80. The highest BCUT2D eigenvalue weighted by atomic mass is 16.5. The summed E-state index contributed by atoms with van der Waals surface area (Å²) in [5, 5.41) is 0. The summed E-state index contributed by atoms with van der Waals surface area (Å²) in [6, 6.07) is 23.5. The summed E-state index contributed by atoms with van der Waals surface area (Å²) in [6.07, 6.45) is 1.67. The van der Waals surface area contributed by atoms with Gasteiger partial charge in [0.1, 0.15) is 11.5 Å². The quantitative estimate of drug-likeness (QED) is 0.356. The first-order valence-corrected chi connectivity index (χ1v) is 11.7. The van der Waals surface area contributed by atoms with Crippen LogP contribution in [0.15, 0.2) is 77.2 Å².